The molecule has 1 aromatic carbocycles. The number of halogens is 1. The van der Waals surface area contributed by atoms with Crippen LogP contribution in [0.5, 0.6) is 0 Å². The number of rotatable bonds is 7. The molecule has 1 aliphatic carbocycles. The molecule has 4 nitrogen and oxygen atoms in total. The molecule has 5 heteroatoms. The van der Waals surface area contributed by atoms with Crippen molar-refractivity contribution in [3.63, 3.8) is 0 Å². The fourth-order valence-electron chi connectivity index (χ4n) is 3.35. The largest absolute Gasteiger partial charge is 0.372 e. The van der Waals surface area contributed by atoms with Crippen molar-refractivity contribution in [1.29, 1.82) is 0 Å². The Balaban J connectivity index is 1.55. The Hall–Kier alpha value is -1.46. The van der Waals surface area contributed by atoms with E-state index in [0.29, 0.717) is 12.5 Å². The SMILES string of the molecule is CCCC[C@@H]1CN(CC(=O)Nc2ccccc2F)C[C@H](C2CC2)O1. The van der Waals surface area contributed by atoms with Crippen molar-refractivity contribution in [3.05, 3.63) is 30.1 Å². The third-order valence-electron chi connectivity index (χ3n) is 4.81. The molecule has 0 radical (unpaired) electrons. The average Bonchev–Trinajstić information content (AvgIpc) is 3.40. The van der Waals surface area contributed by atoms with Gasteiger partial charge in [0.05, 0.1) is 24.4 Å². The predicted molar refractivity (Wildman–Crippen MR) is 92.4 cm³/mol. The van der Waals surface area contributed by atoms with Gasteiger partial charge in [0, 0.05) is 13.1 Å². The number of hydrogen-bond acceptors (Lipinski definition) is 3. The third-order valence-corrected chi connectivity index (χ3v) is 4.81. The Labute approximate surface area is 143 Å². The van der Waals surface area contributed by atoms with E-state index in [4.69, 9.17) is 4.74 Å². The van der Waals surface area contributed by atoms with Crippen LogP contribution in [0.1, 0.15) is 39.0 Å². The van der Waals surface area contributed by atoms with Crippen molar-refractivity contribution >= 4 is 11.6 Å². The summed E-state index contributed by atoms with van der Waals surface area (Å²) in [4.78, 5) is 14.5. The van der Waals surface area contributed by atoms with E-state index in [-0.39, 0.29) is 23.8 Å². The Morgan fingerprint density at radius 3 is 2.83 bits per heavy atom. The molecule has 1 saturated heterocycles. The van der Waals surface area contributed by atoms with Crippen LogP contribution in [-0.2, 0) is 9.53 Å². The van der Waals surface area contributed by atoms with E-state index in [2.05, 4.69) is 17.1 Å². The van der Waals surface area contributed by atoms with Gasteiger partial charge in [0.15, 0.2) is 0 Å². The Morgan fingerprint density at radius 1 is 1.33 bits per heavy atom. The number of morpholine rings is 1. The molecule has 1 aromatic rings. The summed E-state index contributed by atoms with van der Waals surface area (Å²) in [5.41, 5.74) is 0.247. The number of carbonyl (C=O) groups is 1. The Bertz CT molecular complexity index is 562. The van der Waals surface area contributed by atoms with E-state index in [1.165, 1.54) is 18.9 Å². The first-order valence-electron chi connectivity index (χ1n) is 9.08. The number of anilines is 1. The molecular formula is C19H27FN2O2. The van der Waals surface area contributed by atoms with Crippen LogP contribution >= 0.6 is 0 Å². The molecule has 0 aromatic heterocycles. The van der Waals surface area contributed by atoms with Gasteiger partial charge in [-0.15, -0.1) is 0 Å². The summed E-state index contributed by atoms with van der Waals surface area (Å²) >= 11 is 0. The Morgan fingerprint density at radius 2 is 2.12 bits per heavy atom. The number of nitrogens with one attached hydrogen (secondary N) is 1. The molecule has 0 bridgehead atoms. The number of para-hydroxylation sites is 1. The highest BCUT2D eigenvalue weighted by Crippen LogP contribution is 2.37. The highest BCUT2D eigenvalue weighted by atomic mass is 19.1. The smallest absolute Gasteiger partial charge is 0.238 e. The van der Waals surface area contributed by atoms with Gasteiger partial charge in [-0.25, -0.2) is 4.39 Å². The van der Waals surface area contributed by atoms with Gasteiger partial charge in [-0.3, -0.25) is 9.69 Å². The molecule has 24 heavy (non-hydrogen) atoms. The number of carbonyl (C=O) groups excluding carboxylic acids is 1. The minimum atomic E-state index is -0.399. The van der Waals surface area contributed by atoms with Gasteiger partial charge in [-0.2, -0.15) is 0 Å². The summed E-state index contributed by atoms with van der Waals surface area (Å²) in [7, 11) is 0. The lowest BCUT2D eigenvalue weighted by atomic mass is 10.1. The second-order valence-corrected chi connectivity index (χ2v) is 7.00. The van der Waals surface area contributed by atoms with Gasteiger partial charge in [0.2, 0.25) is 5.91 Å². The maximum absolute atomic E-state index is 13.7. The predicted octanol–water partition coefficient (Wildman–Crippen LogP) is 3.43. The molecule has 2 atom stereocenters. The van der Waals surface area contributed by atoms with Crippen LogP contribution in [0, 0.1) is 11.7 Å². The summed E-state index contributed by atoms with van der Waals surface area (Å²) < 4.78 is 19.9. The number of hydrogen-bond donors (Lipinski definition) is 1. The lowest BCUT2D eigenvalue weighted by molar-refractivity contribution is -0.124. The van der Waals surface area contributed by atoms with Crippen molar-refractivity contribution in [1.82, 2.24) is 4.90 Å². The lowest BCUT2D eigenvalue weighted by Gasteiger charge is -2.38. The summed E-state index contributed by atoms with van der Waals surface area (Å²) in [5.74, 6) is 0.0989. The van der Waals surface area contributed by atoms with E-state index >= 15 is 0 Å². The van der Waals surface area contributed by atoms with Crippen LogP contribution in [0.15, 0.2) is 24.3 Å². The standard InChI is InChI=1S/C19H27FN2O2/c1-2-3-6-15-11-22(12-18(24-15)14-9-10-14)13-19(23)21-17-8-5-4-7-16(17)20/h4-5,7-8,14-15,18H,2-3,6,9-13H2,1H3,(H,21,23)/t15-,18-/m1/s1. The number of amides is 1. The number of unbranched alkanes of at least 4 members (excludes halogenated alkanes) is 1. The maximum atomic E-state index is 13.7. The minimum absolute atomic E-state index is 0.161. The zero-order valence-corrected chi connectivity index (χ0v) is 14.3. The van der Waals surface area contributed by atoms with E-state index < -0.39 is 5.82 Å². The first kappa shape index (κ1) is 17.4. The highest BCUT2D eigenvalue weighted by molar-refractivity contribution is 5.92. The summed E-state index contributed by atoms with van der Waals surface area (Å²) in [6.45, 7) is 4.07. The van der Waals surface area contributed by atoms with E-state index in [1.54, 1.807) is 18.2 Å². The average molecular weight is 334 g/mol. The van der Waals surface area contributed by atoms with E-state index in [1.807, 2.05) is 0 Å². The van der Waals surface area contributed by atoms with Gasteiger partial charge in [-0.05, 0) is 37.3 Å². The summed E-state index contributed by atoms with van der Waals surface area (Å²) in [5, 5.41) is 2.68. The summed E-state index contributed by atoms with van der Waals surface area (Å²) in [6.07, 6.45) is 6.29. The molecule has 0 spiro atoms. The van der Waals surface area contributed by atoms with Gasteiger partial charge in [0.25, 0.3) is 0 Å². The monoisotopic (exact) mass is 334 g/mol. The molecule has 1 saturated carbocycles. The summed E-state index contributed by atoms with van der Waals surface area (Å²) in [6, 6.07) is 6.28. The molecule has 132 valence electrons. The molecule has 0 unspecified atom stereocenters. The third kappa shape index (κ3) is 4.77. The molecular weight excluding hydrogens is 307 g/mol. The molecule has 1 amide bonds. The number of benzene rings is 1. The molecule has 2 fully saturated rings. The van der Waals surface area contributed by atoms with Gasteiger partial charge >= 0.3 is 0 Å². The van der Waals surface area contributed by atoms with Crippen molar-refractivity contribution in [2.75, 3.05) is 25.0 Å². The second-order valence-electron chi connectivity index (χ2n) is 7.00. The van der Waals surface area contributed by atoms with Crippen LogP contribution in [0.25, 0.3) is 0 Å². The topological polar surface area (TPSA) is 41.6 Å². The molecule has 3 rings (SSSR count). The van der Waals surface area contributed by atoms with Crippen LogP contribution in [0.4, 0.5) is 10.1 Å². The van der Waals surface area contributed by atoms with Crippen molar-refractivity contribution in [2.45, 2.75) is 51.2 Å². The van der Waals surface area contributed by atoms with Gasteiger partial charge in [0.1, 0.15) is 5.82 Å². The highest BCUT2D eigenvalue weighted by Gasteiger charge is 2.38. The second kappa shape index (κ2) is 8.08. The normalized spacial score (nSPS) is 24.8. The maximum Gasteiger partial charge on any atom is 0.238 e. The first-order chi connectivity index (χ1) is 11.7. The van der Waals surface area contributed by atoms with Crippen molar-refractivity contribution < 1.29 is 13.9 Å². The van der Waals surface area contributed by atoms with E-state index in [9.17, 15) is 9.18 Å². The number of ether oxygens (including phenoxy) is 1. The zero-order chi connectivity index (χ0) is 16.9. The number of nitrogens with zero attached hydrogens (tertiary/aromatic N) is 1. The van der Waals surface area contributed by atoms with Crippen LogP contribution in [0.3, 0.4) is 0 Å². The van der Waals surface area contributed by atoms with Crippen LogP contribution in [0.2, 0.25) is 0 Å². The quantitative estimate of drug-likeness (QED) is 0.830. The van der Waals surface area contributed by atoms with E-state index in [0.717, 1.165) is 32.4 Å². The minimum Gasteiger partial charge on any atom is -0.372 e. The molecule has 1 aliphatic heterocycles. The molecule has 2 aliphatic rings. The molecule has 1 N–H and O–H groups in total. The fourth-order valence-corrected chi connectivity index (χ4v) is 3.35. The lowest BCUT2D eigenvalue weighted by Crippen LogP contribution is -2.50. The zero-order valence-electron chi connectivity index (χ0n) is 14.3. The van der Waals surface area contributed by atoms with Gasteiger partial charge < -0.3 is 10.1 Å². The fraction of sp³-hybridized carbons (Fsp3) is 0.632. The van der Waals surface area contributed by atoms with Crippen LogP contribution in [-0.4, -0.2) is 42.6 Å². The first-order valence-corrected chi connectivity index (χ1v) is 9.08. The van der Waals surface area contributed by atoms with Crippen LogP contribution < -0.4 is 5.32 Å². The Kier molecular flexibility index (Phi) is 5.85. The molecule has 1 heterocycles. The van der Waals surface area contributed by atoms with Crippen molar-refractivity contribution in [2.24, 2.45) is 5.92 Å². The van der Waals surface area contributed by atoms with Crippen molar-refractivity contribution in [3.8, 4) is 0 Å². The van der Waals surface area contributed by atoms with Gasteiger partial charge in [-0.1, -0.05) is 31.9 Å².